The maximum absolute atomic E-state index is 11.7. The van der Waals surface area contributed by atoms with Gasteiger partial charge in [0.05, 0.1) is 27.9 Å². The first-order valence-electron chi connectivity index (χ1n) is 9.09. The number of hydrogen-bond acceptors (Lipinski definition) is 5. The Hall–Kier alpha value is -2.06. The topological polar surface area (TPSA) is 62.2 Å². The van der Waals surface area contributed by atoms with Crippen molar-refractivity contribution in [1.82, 2.24) is 19.3 Å². The molecule has 3 aromatic rings. The van der Waals surface area contributed by atoms with Crippen LogP contribution in [0.3, 0.4) is 0 Å². The van der Waals surface area contributed by atoms with Gasteiger partial charge in [-0.15, -0.1) is 0 Å². The van der Waals surface area contributed by atoms with E-state index in [1.807, 2.05) is 34.6 Å². The van der Waals surface area contributed by atoms with Gasteiger partial charge in [0.25, 0.3) is 0 Å². The Morgan fingerprint density at radius 3 is 2.34 bits per heavy atom. The fourth-order valence-corrected chi connectivity index (χ4v) is 4.29. The molecule has 9 heteroatoms. The summed E-state index contributed by atoms with van der Waals surface area (Å²) in [5.41, 5.74) is 3.10. The van der Waals surface area contributed by atoms with Crippen molar-refractivity contribution >= 4 is 40.0 Å². The lowest BCUT2D eigenvalue weighted by Crippen LogP contribution is -2.47. The minimum absolute atomic E-state index is 0.514. The van der Waals surface area contributed by atoms with Gasteiger partial charge in [-0.3, -0.25) is 9.97 Å². The largest absolute Gasteiger partial charge is 0.353 e. The molecule has 0 N–H and O–H groups in total. The van der Waals surface area contributed by atoms with Crippen molar-refractivity contribution in [2.45, 2.75) is 0 Å². The Labute approximate surface area is 182 Å². The van der Waals surface area contributed by atoms with Gasteiger partial charge in [-0.25, -0.2) is 13.5 Å². The lowest BCUT2D eigenvalue weighted by Gasteiger charge is -2.33. The molecule has 1 aliphatic rings. The summed E-state index contributed by atoms with van der Waals surface area (Å²) in [4.78, 5) is 15.9. The molecule has 6 nitrogen and oxygen atoms in total. The highest BCUT2D eigenvalue weighted by Crippen LogP contribution is 2.34. The number of aromatic nitrogens is 3. The Morgan fingerprint density at radius 1 is 0.966 bits per heavy atom. The number of hydrogen-bond donors (Lipinski definition) is 0. The number of anilines is 1. The average Bonchev–Trinajstić information content (AvgIpc) is 2.74. The van der Waals surface area contributed by atoms with Crippen LogP contribution in [-0.2, 0) is 11.0 Å². The first-order chi connectivity index (χ1) is 14.0. The molecule has 0 aliphatic carbocycles. The quantitative estimate of drug-likeness (QED) is 0.606. The molecule has 0 amide bonds. The molecule has 150 valence electrons. The number of benzene rings is 1. The molecular weight excluding hydrogens is 429 g/mol. The van der Waals surface area contributed by atoms with Gasteiger partial charge in [-0.2, -0.15) is 0 Å². The summed E-state index contributed by atoms with van der Waals surface area (Å²) in [5.74, 6) is 0.770. The minimum Gasteiger partial charge on any atom is -0.353 e. The van der Waals surface area contributed by atoms with Gasteiger partial charge in [0, 0.05) is 61.0 Å². The molecule has 1 unspecified atom stereocenters. The summed E-state index contributed by atoms with van der Waals surface area (Å²) in [6.07, 6.45) is 6.78. The summed E-state index contributed by atoms with van der Waals surface area (Å²) < 4.78 is 13.7. The second-order valence-corrected chi connectivity index (χ2v) is 8.84. The predicted molar refractivity (Wildman–Crippen MR) is 119 cm³/mol. The minimum atomic E-state index is -0.956. The monoisotopic (exact) mass is 447 g/mol. The van der Waals surface area contributed by atoms with Gasteiger partial charge in [0.1, 0.15) is 11.5 Å². The summed E-state index contributed by atoms with van der Waals surface area (Å²) in [6, 6.07) is 9.33. The Kier molecular flexibility index (Phi) is 6.10. The van der Waals surface area contributed by atoms with Gasteiger partial charge in [-0.05, 0) is 18.2 Å². The van der Waals surface area contributed by atoms with Crippen molar-refractivity contribution in [2.75, 3.05) is 37.3 Å². The highest BCUT2D eigenvalue weighted by atomic mass is 35.5. The number of rotatable bonds is 4. The van der Waals surface area contributed by atoms with Crippen molar-refractivity contribution in [2.24, 2.45) is 0 Å². The van der Waals surface area contributed by atoms with Crippen molar-refractivity contribution in [1.29, 1.82) is 0 Å². The molecular formula is C20H19Cl2N5OS. The van der Waals surface area contributed by atoms with Gasteiger partial charge < -0.3 is 4.90 Å². The summed E-state index contributed by atoms with van der Waals surface area (Å²) in [7, 11) is -0.956. The van der Waals surface area contributed by atoms with Gasteiger partial charge in [0.2, 0.25) is 0 Å². The molecule has 4 rings (SSSR count). The number of nitrogens with zero attached hydrogens (tertiary/aromatic N) is 5. The Bertz CT molecular complexity index is 1040. The third-order valence-electron chi connectivity index (χ3n) is 4.83. The third kappa shape index (κ3) is 4.43. The van der Waals surface area contributed by atoms with Crippen LogP contribution in [0.15, 0.2) is 48.9 Å². The van der Waals surface area contributed by atoms with E-state index in [2.05, 4.69) is 9.88 Å². The van der Waals surface area contributed by atoms with Crippen LogP contribution in [-0.4, -0.2) is 55.9 Å². The average molecular weight is 448 g/mol. The van der Waals surface area contributed by atoms with E-state index in [-0.39, 0.29) is 0 Å². The second-order valence-electron chi connectivity index (χ2n) is 6.63. The molecule has 1 atom stereocenters. The van der Waals surface area contributed by atoms with E-state index in [1.165, 1.54) is 0 Å². The van der Waals surface area contributed by atoms with E-state index in [0.29, 0.717) is 15.7 Å². The van der Waals surface area contributed by atoms with Crippen LogP contribution in [0, 0.1) is 0 Å². The van der Waals surface area contributed by atoms with Crippen molar-refractivity contribution < 1.29 is 4.21 Å². The van der Waals surface area contributed by atoms with Gasteiger partial charge in [0.15, 0.2) is 0 Å². The van der Waals surface area contributed by atoms with E-state index in [4.69, 9.17) is 33.2 Å². The number of pyridine rings is 1. The summed E-state index contributed by atoms with van der Waals surface area (Å²) in [6.45, 7) is 2.90. The summed E-state index contributed by atoms with van der Waals surface area (Å²) in [5, 5.41) is 1.17. The fraction of sp³-hybridized carbons (Fsp3) is 0.250. The first kappa shape index (κ1) is 20.2. The molecule has 1 aromatic carbocycles. The van der Waals surface area contributed by atoms with Crippen LogP contribution in [0.1, 0.15) is 0 Å². The fourth-order valence-electron chi connectivity index (χ4n) is 3.28. The van der Waals surface area contributed by atoms with E-state index in [0.717, 1.165) is 48.8 Å². The molecule has 0 radical (unpaired) electrons. The summed E-state index contributed by atoms with van der Waals surface area (Å²) >= 11 is 12.5. The van der Waals surface area contributed by atoms with Crippen LogP contribution in [0.25, 0.3) is 22.5 Å². The maximum Gasteiger partial charge on any atom is 0.147 e. The van der Waals surface area contributed by atoms with Crippen molar-refractivity contribution in [3.8, 4) is 22.5 Å². The molecule has 1 saturated heterocycles. The molecule has 0 bridgehead atoms. The lowest BCUT2D eigenvalue weighted by molar-refractivity contribution is 0.411. The van der Waals surface area contributed by atoms with E-state index in [9.17, 15) is 4.21 Å². The van der Waals surface area contributed by atoms with E-state index < -0.39 is 11.0 Å². The highest BCUT2D eigenvalue weighted by Gasteiger charge is 2.22. The molecule has 1 aliphatic heterocycles. The van der Waals surface area contributed by atoms with Crippen LogP contribution in [0.4, 0.5) is 5.82 Å². The Balaban J connectivity index is 1.75. The lowest BCUT2D eigenvalue weighted by atomic mass is 10.0. The number of halogens is 2. The highest BCUT2D eigenvalue weighted by molar-refractivity contribution is 7.81. The normalized spacial score (nSPS) is 16.0. The maximum atomic E-state index is 11.7. The molecule has 29 heavy (non-hydrogen) atoms. The van der Waals surface area contributed by atoms with Gasteiger partial charge in [-0.1, -0.05) is 35.3 Å². The van der Waals surface area contributed by atoms with Crippen LogP contribution >= 0.6 is 23.2 Å². The smallest absolute Gasteiger partial charge is 0.147 e. The molecule has 0 spiro atoms. The van der Waals surface area contributed by atoms with E-state index in [1.54, 1.807) is 24.8 Å². The number of piperazine rings is 1. The van der Waals surface area contributed by atoms with Crippen LogP contribution in [0.2, 0.25) is 10.0 Å². The van der Waals surface area contributed by atoms with Crippen molar-refractivity contribution in [3.63, 3.8) is 0 Å². The first-order valence-corrected chi connectivity index (χ1v) is 11.4. The third-order valence-corrected chi connectivity index (χ3v) is 6.48. The zero-order chi connectivity index (χ0) is 20.4. The second kappa shape index (κ2) is 8.75. The molecule has 3 heterocycles. The predicted octanol–water partition coefficient (Wildman–Crippen LogP) is 3.93. The SMILES string of the molecule is CS(=O)N1CCN(c2cnc(-c3ccc(Cl)cc3)c(-c3ccncc3Cl)n2)CC1. The van der Waals surface area contributed by atoms with Crippen LogP contribution < -0.4 is 4.90 Å². The van der Waals surface area contributed by atoms with Crippen molar-refractivity contribution in [3.05, 3.63) is 59.0 Å². The van der Waals surface area contributed by atoms with E-state index >= 15 is 0 Å². The Morgan fingerprint density at radius 2 is 1.69 bits per heavy atom. The van der Waals surface area contributed by atoms with Gasteiger partial charge >= 0.3 is 0 Å². The molecule has 0 saturated carbocycles. The van der Waals surface area contributed by atoms with Crippen LogP contribution in [0.5, 0.6) is 0 Å². The zero-order valence-electron chi connectivity index (χ0n) is 15.8. The molecule has 1 fully saturated rings. The zero-order valence-corrected chi connectivity index (χ0v) is 18.1. The standard InChI is InChI=1S/C20H19Cl2N5OS/c1-29(28)27-10-8-26(9-11-27)18-13-24-19(14-2-4-15(21)5-3-14)20(25-18)16-6-7-23-12-17(16)22/h2-7,12-13H,8-11H2,1H3. The molecule has 2 aromatic heterocycles.